The number of hydrogen-bond acceptors (Lipinski definition) is 2. The van der Waals surface area contributed by atoms with Gasteiger partial charge in [-0.3, -0.25) is 0 Å². The molecule has 66 valence electrons. The fraction of sp³-hybridized carbons (Fsp3) is 0.333. The van der Waals surface area contributed by atoms with E-state index in [-0.39, 0.29) is 0 Å². The first-order chi connectivity index (χ1) is 5.69. The lowest BCUT2D eigenvalue weighted by Gasteiger charge is -2.09. The van der Waals surface area contributed by atoms with Gasteiger partial charge in [-0.05, 0) is 40.5 Å². The number of aryl methyl sites for hydroxylation is 1. The van der Waals surface area contributed by atoms with E-state index in [1.54, 1.807) is 14.2 Å². The van der Waals surface area contributed by atoms with Crippen molar-refractivity contribution in [3.05, 3.63) is 22.2 Å². The molecule has 0 N–H and O–H groups in total. The molecule has 0 aromatic heterocycles. The van der Waals surface area contributed by atoms with E-state index < -0.39 is 0 Å². The van der Waals surface area contributed by atoms with Crippen molar-refractivity contribution in [2.75, 3.05) is 14.2 Å². The van der Waals surface area contributed by atoms with Crippen LogP contribution in [0.25, 0.3) is 0 Å². The molecule has 0 heterocycles. The molecule has 0 radical (unpaired) electrons. The average Bonchev–Trinajstić information content (AvgIpc) is 2.03. The highest BCUT2D eigenvalue weighted by atomic mass is 79.9. The number of benzene rings is 1. The second kappa shape index (κ2) is 3.81. The van der Waals surface area contributed by atoms with E-state index in [0.717, 1.165) is 21.5 Å². The van der Waals surface area contributed by atoms with Crippen LogP contribution in [-0.4, -0.2) is 14.2 Å². The van der Waals surface area contributed by atoms with Gasteiger partial charge in [-0.1, -0.05) is 0 Å². The van der Waals surface area contributed by atoms with Crippen LogP contribution in [0.4, 0.5) is 0 Å². The number of hydrogen-bond donors (Lipinski definition) is 0. The predicted octanol–water partition coefficient (Wildman–Crippen LogP) is 2.77. The molecule has 1 aromatic rings. The minimum atomic E-state index is 0.739. The third kappa shape index (κ3) is 1.72. The monoisotopic (exact) mass is 230 g/mol. The lowest BCUT2D eigenvalue weighted by Crippen LogP contribution is -1.91. The van der Waals surface area contributed by atoms with Crippen molar-refractivity contribution in [3.63, 3.8) is 0 Å². The molecule has 0 saturated carbocycles. The summed E-state index contributed by atoms with van der Waals surface area (Å²) in [6.07, 6.45) is 0. The van der Waals surface area contributed by atoms with Gasteiger partial charge in [-0.2, -0.15) is 0 Å². The molecule has 1 aromatic carbocycles. The fourth-order valence-corrected chi connectivity index (χ4v) is 1.77. The summed E-state index contributed by atoms with van der Waals surface area (Å²) in [5.74, 6) is 1.49. The molecule has 0 atom stereocenters. The maximum Gasteiger partial charge on any atom is 0.174 e. The van der Waals surface area contributed by atoms with Crippen LogP contribution >= 0.6 is 15.9 Å². The van der Waals surface area contributed by atoms with Gasteiger partial charge in [-0.15, -0.1) is 0 Å². The van der Waals surface area contributed by atoms with Gasteiger partial charge in [0.05, 0.1) is 18.7 Å². The highest BCUT2D eigenvalue weighted by Crippen LogP contribution is 2.35. The molecule has 0 saturated heterocycles. The predicted molar refractivity (Wildman–Crippen MR) is 52.0 cm³/mol. The van der Waals surface area contributed by atoms with E-state index >= 15 is 0 Å². The standard InChI is InChI=1S/C9H11BrO2/c1-6-4-7(10)9(12-3)8(5-6)11-2/h4-5H,1-3H3. The van der Waals surface area contributed by atoms with Crippen molar-refractivity contribution in [1.29, 1.82) is 0 Å². The van der Waals surface area contributed by atoms with Crippen molar-refractivity contribution in [2.45, 2.75) is 6.92 Å². The van der Waals surface area contributed by atoms with Crippen LogP contribution in [0.1, 0.15) is 5.56 Å². The van der Waals surface area contributed by atoms with Gasteiger partial charge in [0.2, 0.25) is 0 Å². The van der Waals surface area contributed by atoms with Crippen molar-refractivity contribution in [1.82, 2.24) is 0 Å². The first-order valence-electron chi connectivity index (χ1n) is 3.57. The Bertz CT molecular complexity index is 284. The van der Waals surface area contributed by atoms with Gasteiger partial charge in [0.15, 0.2) is 11.5 Å². The van der Waals surface area contributed by atoms with Gasteiger partial charge in [0.1, 0.15) is 0 Å². The Morgan fingerprint density at radius 2 is 1.83 bits per heavy atom. The summed E-state index contributed by atoms with van der Waals surface area (Å²) < 4.78 is 11.2. The summed E-state index contributed by atoms with van der Waals surface area (Å²) >= 11 is 3.39. The molecule has 3 heteroatoms. The second-order valence-corrected chi connectivity index (χ2v) is 3.34. The molecular weight excluding hydrogens is 220 g/mol. The number of methoxy groups -OCH3 is 2. The van der Waals surface area contributed by atoms with Crippen LogP contribution < -0.4 is 9.47 Å². The summed E-state index contributed by atoms with van der Waals surface area (Å²) in [6, 6.07) is 3.92. The summed E-state index contributed by atoms with van der Waals surface area (Å²) in [7, 11) is 3.25. The molecule has 12 heavy (non-hydrogen) atoms. The normalized spacial score (nSPS) is 9.67. The Hall–Kier alpha value is -0.700. The summed E-state index contributed by atoms with van der Waals surface area (Å²) in [6.45, 7) is 2.01. The molecule has 0 fully saturated rings. The highest BCUT2D eigenvalue weighted by Gasteiger charge is 2.07. The molecule has 0 aliphatic carbocycles. The summed E-state index contributed by atoms with van der Waals surface area (Å²) in [5.41, 5.74) is 1.14. The molecule has 0 aliphatic rings. The maximum atomic E-state index is 5.15. The molecule has 0 unspecified atom stereocenters. The van der Waals surface area contributed by atoms with Gasteiger partial charge >= 0.3 is 0 Å². The molecule has 0 bridgehead atoms. The number of rotatable bonds is 2. The van der Waals surface area contributed by atoms with E-state index in [9.17, 15) is 0 Å². The first kappa shape index (κ1) is 9.39. The van der Waals surface area contributed by atoms with Crippen molar-refractivity contribution in [3.8, 4) is 11.5 Å². The second-order valence-electron chi connectivity index (χ2n) is 2.48. The third-order valence-corrected chi connectivity index (χ3v) is 2.17. The lowest BCUT2D eigenvalue weighted by molar-refractivity contribution is 0.353. The van der Waals surface area contributed by atoms with Gasteiger partial charge in [-0.25, -0.2) is 0 Å². The molecular formula is C9H11BrO2. The van der Waals surface area contributed by atoms with Crippen molar-refractivity contribution >= 4 is 15.9 Å². The molecule has 0 aliphatic heterocycles. The van der Waals surface area contributed by atoms with Gasteiger partial charge < -0.3 is 9.47 Å². The Labute approximate surface area is 80.6 Å². The Balaban J connectivity index is 3.24. The smallest absolute Gasteiger partial charge is 0.174 e. The zero-order valence-corrected chi connectivity index (χ0v) is 8.94. The van der Waals surface area contributed by atoms with Crippen LogP contribution in [0.15, 0.2) is 16.6 Å². The summed E-state index contributed by atoms with van der Waals surface area (Å²) in [5, 5.41) is 0. The molecule has 2 nitrogen and oxygen atoms in total. The average molecular weight is 231 g/mol. The number of halogens is 1. The van der Waals surface area contributed by atoms with Crippen LogP contribution in [0.2, 0.25) is 0 Å². The zero-order chi connectivity index (χ0) is 9.14. The van der Waals surface area contributed by atoms with Crippen molar-refractivity contribution in [2.24, 2.45) is 0 Å². The van der Waals surface area contributed by atoms with E-state index in [1.807, 2.05) is 19.1 Å². The number of ether oxygens (including phenoxy) is 2. The third-order valence-electron chi connectivity index (χ3n) is 1.58. The Kier molecular flexibility index (Phi) is 2.98. The van der Waals surface area contributed by atoms with Gasteiger partial charge in [0, 0.05) is 0 Å². The zero-order valence-electron chi connectivity index (χ0n) is 7.35. The minimum absolute atomic E-state index is 0.739. The minimum Gasteiger partial charge on any atom is -0.493 e. The largest absolute Gasteiger partial charge is 0.493 e. The highest BCUT2D eigenvalue weighted by molar-refractivity contribution is 9.10. The van der Waals surface area contributed by atoms with E-state index in [4.69, 9.17) is 9.47 Å². The van der Waals surface area contributed by atoms with Crippen LogP contribution in [0.3, 0.4) is 0 Å². The van der Waals surface area contributed by atoms with E-state index in [2.05, 4.69) is 15.9 Å². The molecule has 0 amide bonds. The first-order valence-corrected chi connectivity index (χ1v) is 4.36. The lowest BCUT2D eigenvalue weighted by atomic mass is 10.2. The maximum absolute atomic E-state index is 5.15. The molecule has 0 spiro atoms. The summed E-state index contributed by atoms with van der Waals surface area (Å²) in [4.78, 5) is 0. The van der Waals surface area contributed by atoms with E-state index in [1.165, 1.54) is 0 Å². The van der Waals surface area contributed by atoms with Gasteiger partial charge in [0.25, 0.3) is 0 Å². The quantitative estimate of drug-likeness (QED) is 0.779. The van der Waals surface area contributed by atoms with Crippen LogP contribution in [0.5, 0.6) is 11.5 Å². The fourth-order valence-electron chi connectivity index (χ4n) is 1.05. The Morgan fingerprint density at radius 1 is 1.17 bits per heavy atom. The van der Waals surface area contributed by atoms with Crippen molar-refractivity contribution < 1.29 is 9.47 Å². The van der Waals surface area contributed by atoms with Crippen LogP contribution in [0, 0.1) is 6.92 Å². The van der Waals surface area contributed by atoms with Crippen LogP contribution in [-0.2, 0) is 0 Å². The SMILES string of the molecule is COc1cc(C)cc(Br)c1OC. The Morgan fingerprint density at radius 3 is 2.33 bits per heavy atom. The topological polar surface area (TPSA) is 18.5 Å². The molecule has 1 rings (SSSR count). The van der Waals surface area contributed by atoms with E-state index in [0.29, 0.717) is 0 Å².